The molecular weight excluding hydrogens is 276 g/mol. The number of nitrogens with one attached hydrogen (secondary N) is 1. The maximum Gasteiger partial charge on any atom is 0.320 e. The van der Waals surface area contributed by atoms with Gasteiger partial charge in [-0.05, 0) is 50.2 Å². The van der Waals surface area contributed by atoms with Crippen molar-refractivity contribution >= 4 is 23.2 Å². The Kier molecular flexibility index (Phi) is 5.14. The largest absolute Gasteiger partial charge is 0.480 e. The van der Waals surface area contributed by atoms with Crippen molar-refractivity contribution in [2.45, 2.75) is 25.8 Å². The van der Waals surface area contributed by atoms with Crippen molar-refractivity contribution < 1.29 is 14.7 Å². The normalized spacial score (nSPS) is 18.6. The zero-order chi connectivity index (χ0) is 14.5. The smallest absolute Gasteiger partial charge is 0.320 e. The Balaban J connectivity index is 1.72. The molecule has 20 heavy (non-hydrogen) atoms. The molecular formula is C14H20N2O3S. The van der Waals surface area contributed by atoms with E-state index in [1.165, 1.54) is 11.3 Å². The molecule has 1 aromatic rings. The molecule has 5 nitrogen and oxygen atoms in total. The molecule has 1 aliphatic rings. The van der Waals surface area contributed by atoms with Gasteiger partial charge in [-0.2, -0.15) is 11.3 Å². The summed E-state index contributed by atoms with van der Waals surface area (Å²) in [6, 6.07) is 1.40. The van der Waals surface area contributed by atoms with Crippen molar-refractivity contribution in [2.24, 2.45) is 5.92 Å². The quantitative estimate of drug-likeness (QED) is 0.867. The lowest BCUT2D eigenvalue weighted by molar-refractivity contribution is -0.143. The summed E-state index contributed by atoms with van der Waals surface area (Å²) >= 11 is 1.51. The highest BCUT2D eigenvalue weighted by Gasteiger charge is 2.26. The first-order chi connectivity index (χ1) is 9.58. The zero-order valence-corrected chi connectivity index (χ0v) is 12.4. The van der Waals surface area contributed by atoms with Crippen molar-refractivity contribution in [3.63, 3.8) is 0 Å². The lowest BCUT2D eigenvalue weighted by Crippen LogP contribution is -2.45. The Hall–Kier alpha value is -1.40. The number of carboxylic acids is 1. The number of hydrogen-bond acceptors (Lipinski definition) is 4. The van der Waals surface area contributed by atoms with Gasteiger partial charge in [0.2, 0.25) is 0 Å². The van der Waals surface area contributed by atoms with E-state index in [1.807, 2.05) is 21.7 Å². The summed E-state index contributed by atoms with van der Waals surface area (Å²) in [4.78, 5) is 24.7. The fourth-order valence-electron chi connectivity index (χ4n) is 2.43. The van der Waals surface area contributed by atoms with Gasteiger partial charge >= 0.3 is 5.97 Å². The van der Waals surface area contributed by atoms with Crippen LogP contribution in [0.4, 0.5) is 0 Å². The van der Waals surface area contributed by atoms with Crippen molar-refractivity contribution in [3.8, 4) is 0 Å². The van der Waals surface area contributed by atoms with Gasteiger partial charge in [-0.3, -0.25) is 14.5 Å². The minimum absolute atomic E-state index is 0.0208. The monoisotopic (exact) mass is 296 g/mol. The minimum Gasteiger partial charge on any atom is -0.480 e. The molecule has 1 unspecified atom stereocenters. The molecule has 0 radical (unpaired) electrons. The molecule has 1 fully saturated rings. The average molecular weight is 296 g/mol. The Morgan fingerprint density at radius 2 is 2.20 bits per heavy atom. The lowest BCUT2D eigenvalue weighted by Gasteiger charge is -2.34. The number of nitrogens with zero attached hydrogens (tertiary/aromatic N) is 1. The van der Waals surface area contributed by atoms with Crippen LogP contribution in [0.5, 0.6) is 0 Å². The molecule has 2 rings (SSSR count). The molecule has 1 aromatic heterocycles. The maximum atomic E-state index is 11.8. The first-order valence-corrected chi connectivity index (χ1v) is 7.79. The van der Waals surface area contributed by atoms with Crippen LogP contribution >= 0.6 is 11.3 Å². The van der Waals surface area contributed by atoms with Crippen molar-refractivity contribution in [1.29, 1.82) is 0 Å². The molecule has 0 aliphatic carbocycles. The van der Waals surface area contributed by atoms with Crippen LogP contribution in [0.3, 0.4) is 0 Å². The Morgan fingerprint density at radius 1 is 1.50 bits per heavy atom. The van der Waals surface area contributed by atoms with Gasteiger partial charge in [0.15, 0.2) is 0 Å². The van der Waals surface area contributed by atoms with E-state index in [2.05, 4.69) is 5.32 Å². The second-order valence-electron chi connectivity index (χ2n) is 5.22. The average Bonchev–Trinajstić information content (AvgIpc) is 2.98. The molecule has 0 bridgehead atoms. The topological polar surface area (TPSA) is 69.6 Å². The minimum atomic E-state index is -0.769. The second kappa shape index (κ2) is 6.85. The number of aliphatic carboxylic acids is 1. The summed E-state index contributed by atoms with van der Waals surface area (Å²) in [5, 5.41) is 15.7. The zero-order valence-electron chi connectivity index (χ0n) is 11.5. The van der Waals surface area contributed by atoms with Gasteiger partial charge in [0.25, 0.3) is 5.91 Å². The third-order valence-electron chi connectivity index (χ3n) is 3.89. The highest BCUT2D eigenvalue weighted by molar-refractivity contribution is 7.08. The highest BCUT2D eigenvalue weighted by Crippen LogP contribution is 2.18. The number of hydrogen-bond donors (Lipinski definition) is 2. The van der Waals surface area contributed by atoms with Crippen molar-refractivity contribution in [1.82, 2.24) is 10.2 Å². The molecule has 2 heterocycles. The molecule has 6 heteroatoms. The summed E-state index contributed by atoms with van der Waals surface area (Å²) in [6.45, 7) is 3.96. The SMILES string of the molecule is CC(C(=O)O)N1CCC(CNC(=O)c2ccsc2)CC1. The predicted molar refractivity (Wildman–Crippen MR) is 78.0 cm³/mol. The van der Waals surface area contributed by atoms with Gasteiger partial charge < -0.3 is 10.4 Å². The van der Waals surface area contributed by atoms with E-state index in [0.717, 1.165) is 25.9 Å². The maximum absolute atomic E-state index is 11.8. The van der Waals surface area contributed by atoms with Gasteiger partial charge in [0.05, 0.1) is 0 Å². The van der Waals surface area contributed by atoms with Crippen LogP contribution in [-0.2, 0) is 4.79 Å². The van der Waals surface area contributed by atoms with E-state index in [-0.39, 0.29) is 5.91 Å². The first kappa shape index (κ1) is 15.0. The van der Waals surface area contributed by atoms with E-state index >= 15 is 0 Å². The van der Waals surface area contributed by atoms with Crippen LogP contribution in [0.1, 0.15) is 30.1 Å². The Labute approximate surface area is 122 Å². The van der Waals surface area contributed by atoms with Crippen LogP contribution in [-0.4, -0.2) is 47.6 Å². The predicted octanol–water partition coefficient (Wildman–Crippen LogP) is 1.66. The number of likely N-dealkylation sites (tertiary alicyclic amines) is 1. The third-order valence-corrected chi connectivity index (χ3v) is 4.57. The molecule has 1 aliphatic heterocycles. The van der Waals surface area contributed by atoms with Gasteiger partial charge in [-0.1, -0.05) is 0 Å². The summed E-state index contributed by atoms with van der Waals surface area (Å²) < 4.78 is 0. The van der Waals surface area contributed by atoms with Crippen LogP contribution < -0.4 is 5.32 Å². The number of carboxylic acid groups (broad SMARTS) is 1. The van der Waals surface area contributed by atoms with E-state index in [9.17, 15) is 9.59 Å². The third kappa shape index (κ3) is 3.80. The fraction of sp³-hybridized carbons (Fsp3) is 0.571. The lowest BCUT2D eigenvalue weighted by atomic mass is 9.95. The van der Waals surface area contributed by atoms with Crippen LogP contribution in [0.15, 0.2) is 16.8 Å². The van der Waals surface area contributed by atoms with Gasteiger partial charge in [-0.25, -0.2) is 0 Å². The van der Waals surface area contributed by atoms with E-state index in [0.29, 0.717) is 18.0 Å². The molecule has 1 amide bonds. The molecule has 0 saturated carbocycles. The van der Waals surface area contributed by atoms with Crippen LogP contribution in [0.25, 0.3) is 0 Å². The molecule has 1 saturated heterocycles. The molecule has 1 atom stereocenters. The number of carbonyl (C=O) groups excluding carboxylic acids is 1. The van der Waals surface area contributed by atoms with E-state index in [1.54, 1.807) is 6.92 Å². The van der Waals surface area contributed by atoms with Crippen LogP contribution in [0.2, 0.25) is 0 Å². The molecule has 110 valence electrons. The van der Waals surface area contributed by atoms with E-state index < -0.39 is 12.0 Å². The van der Waals surface area contributed by atoms with Gasteiger partial charge in [-0.15, -0.1) is 0 Å². The van der Waals surface area contributed by atoms with E-state index in [4.69, 9.17) is 5.11 Å². The summed E-state index contributed by atoms with van der Waals surface area (Å²) in [5.41, 5.74) is 0.715. The van der Waals surface area contributed by atoms with Crippen molar-refractivity contribution in [3.05, 3.63) is 22.4 Å². The molecule has 2 N–H and O–H groups in total. The highest BCUT2D eigenvalue weighted by atomic mass is 32.1. The number of carbonyl (C=O) groups is 2. The first-order valence-electron chi connectivity index (χ1n) is 6.85. The summed E-state index contributed by atoms with van der Waals surface area (Å²) in [6.07, 6.45) is 1.86. The molecule has 0 aromatic carbocycles. The fourth-order valence-corrected chi connectivity index (χ4v) is 3.07. The Morgan fingerprint density at radius 3 is 2.75 bits per heavy atom. The summed E-state index contributed by atoms with van der Waals surface area (Å²) in [5.74, 6) is -0.350. The molecule has 0 spiro atoms. The van der Waals surface area contributed by atoms with Crippen LogP contribution in [0, 0.1) is 5.92 Å². The van der Waals surface area contributed by atoms with Crippen molar-refractivity contribution in [2.75, 3.05) is 19.6 Å². The van der Waals surface area contributed by atoms with Gasteiger partial charge in [0.1, 0.15) is 6.04 Å². The number of thiophene rings is 1. The summed E-state index contributed by atoms with van der Waals surface area (Å²) in [7, 11) is 0. The number of amides is 1. The number of rotatable bonds is 5. The van der Waals surface area contributed by atoms with Gasteiger partial charge in [0, 0.05) is 17.5 Å². The second-order valence-corrected chi connectivity index (χ2v) is 6.00. The Bertz CT molecular complexity index is 453. The number of piperidine rings is 1. The standard InChI is InChI=1S/C14H20N2O3S/c1-10(14(18)19)16-5-2-11(3-6-16)8-15-13(17)12-4-7-20-9-12/h4,7,9-11H,2-3,5-6,8H2,1H3,(H,15,17)(H,18,19).